The van der Waals surface area contributed by atoms with Gasteiger partial charge in [0.2, 0.25) is 0 Å². The van der Waals surface area contributed by atoms with Crippen molar-refractivity contribution >= 4 is 115 Å². The Balaban J connectivity index is 0.879. The predicted octanol–water partition coefficient (Wildman–Crippen LogP) is 21.0. The van der Waals surface area contributed by atoms with Crippen molar-refractivity contribution in [2.24, 2.45) is 0 Å². The first-order valence-electron chi connectivity index (χ1n) is 31.5. The number of ether oxygens (including phenoxy) is 1. The summed E-state index contributed by atoms with van der Waals surface area (Å²) in [7, 11) is 0. The van der Waals surface area contributed by atoms with Crippen molar-refractivity contribution in [1.82, 2.24) is 32.8 Å². The molecule has 12 aromatic carbocycles. The third kappa shape index (κ3) is 6.57. The quantitative estimate of drug-likeness (QED) is 0.161. The van der Waals surface area contributed by atoms with E-state index in [9.17, 15) is 0 Å². The van der Waals surface area contributed by atoms with Crippen molar-refractivity contribution in [2.75, 3.05) is 0 Å². The molecule has 2 aliphatic rings. The van der Waals surface area contributed by atoms with Gasteiger partial charge in [-0.3, -0.25) is 9.97 Å². The van der Waals surface area contributed by atoms with Gasteiger partial charge in [-0.05, 0) is 115 Å². The van der Waals surface area contributed by atoms with E-state index < -0.39 is 5.41 Å². The van der Waals surface area contributed by atoms with Gasteiger partial charge in [0.1, 0.15) is 11.5 Å². The maximum absolute atomic E-state index is 8.16. The minimum absolute atomic E-state index is 0.586. The van der Waals surface area contributed by atoms with Gasteiger partial charge >= 0.3 is 0 Å². The molecule has 0 radical (unpaired) electrons. The van der Waals surface area contributed by atoms with Crippen molar-refractivity contribution in [1.29, 1.82) is 0 Å². The predicted molar refractivity (Wildman–Crippen MR) is 377 cm³/mol. The van der Waals surface area contributed by atoms with E-state index >= 15 is 0 Å². The van der Waals surface area contributed by atoms with Crippen LogP contribution in [0.3, 0.4) is 0 Å². The highest BCUT2D eigenvalue weighted by Crippen LogP contribution is 2.64. The lowest BCUT2D eigenvalue weighted by molar-refractivity contribution is 0.435. The van der Waals surface area contributed by atoms with Gasteiger partial charge in [-0.25, -0.2) is 4.85 Å². The fourth-order valence-electron chi connectivity index (χ4n) is 16.5. The van der Waals surface area contributed by atoms with E-state index in [0.717, 1.165) is 134 Å². The van der Waals surface area contributed by atoms with Crippen LogP contribution in [0.15, 0.2) is 291 Å². The van der Waals surface area contributed by atoms with E-state index in [1.165, 1.54) is 43.4 Å². The summed E-state index contributed by atoms with van der Waals surface area (Å²) in [6.45, 7) is 8.16. The topological polar surface area (TPSA) is 64.0 Å². The number of nitrogens with zero attached hydrogens (tertiary/aromatic N) is 8. The highest BCUT2D eigenvalue weighted by molar-refractivity contribution is 6.15. The molecule has 0 unspecified atom stereocenters. The molecule has 9 nitrogen and oxygen atoms in total. The Hall–Kier alpha value is -12.8. The summed E-state index contributed by atoms with van der Waals surface area (Å²) < 4.78 is 19.7. The summed E-state index contributed by atoms with van der Waals surface area (Å²) in [5.74, 6) is 1.43. The second-order valence-electron chi connectivity index (χ2n) is 24.7. The molecule has 430 valence electrons. The summed E-state index contributed by atoms with van der Waals surface area (Å²) in [5, 5.41) is 11.5. The van der Waals surface area contributed by atoms with Crippen LogP contribution in [-0.4, -0.2) is 32.8 Å². The van der Waals surface area contributed by atoms with Crippen LogP contribution >= 0.6 is 0 Å². The molecule has 93 heavy (non-hydrogen) atoms. The van der Waals surface area contributed by atoms with Gasteiger partial charge in [-0.15, -0.1) is 0 Å². The molecule has 1 aliphatic carbocycles. The number of hydrogen-bond acceptors (Lipinski definition) is 3. The highest BCUT2D eigenvalue weighted by Gasteiger charge is 2.55. The Morgan fingerprint density at radius 3 is 1.12 bits per heavy atom. The van der Waals surface area contributed by atoms with Gasteiger partial charge in [0, 0.05) is 88.2 Å². The van der Waals surface area contributed by atoms with Crippen LogP contribution in [-0.2, 0) is 5.41 Å². The van der Waals surface area contributed by atoms with E-state index in [2.05, 4.69) is 295 Å². The van der Waals surface area contributed by atoms with E-state index in [1.54, 1.807) is 0 Å². The second-order valence-corrected chi connectivity index (χ2v) is 24.7. The zero-order valence-corrected chi connectivity index (χ0v) is 49.7. The third-order valence-corrected chi connectivity index (χ3v) is 20.2. The van der Waals surface area contributed by atoms with Gasteiger partial charge in [0.05, 0.1) is 108 Å². The van der Waals surface area contributed by atoms with Crippen LogP contribution in [0, 0.1) is 6.57 Å². The molecule has 0 saturated heterocycles. The van der Waals surface area contributed by atoms with Crippen LogP contribution in [0.1, 0.15) is 22.3 Å². The molecule has 0 amide bonds. The molecule has 0 atom stereocenters. The van der Waals surface area contributed by atoms with Crippen LogP contribution < -0.4 is 4.74 Å². The number of para-hydroxylation sites is 8. The summed E-state index contributed by atoms with van der Waals surface area (Å²) in [4.78, 5) is 15.3. The molecule has 0 fully saturated rings. The van der Waals surface area contributed by atoms with Crippen molar-refractivity contribution < 1.29 is 4.74 Å². The lowest BCUT2D eigenvalue weighted by Gasteiger charge is -2.40. The molecule has 8 heterocycles. The van der Waals surface area contributed by atoms with Crippen molar-refractivity contribution in [2.45, 2.75) is 5.41 Å². The van der Waals surface area contributed by atoms with Gasteiger partial charge in [0.25, 0.3) is 0 Å². The van der Waals surface area contributed by atoms with Crippen LogP contribution in [0.25, 0.3) is 154 Å². The number of benzene rings is 12. The van der Waals surface area contributed by atoms with Crippen LogP contribution in [0.2, 0.25) is 0 Å². The number of pyridine rings is 2. The monoisotopic (exact) mass is 1180 g/mol. The van der Waals surface area contributed by atoms with Crippen molar-refractivity contribution in [3.8, 4) is 51.3 Å². The molecule has 0 saturated carbocycles. The Kier molecular flexibility index (Phi) is 9.93. The smallest absolute Gasteiger partial charge is 0.188 e. The molecule has 21 rings (SSSR count). The van der Waals surface area contributed by atoms with E-state index in [1.807, 2.05) is 24.5 Å². The molecule has 1 spiro atoms. The average molecular weight is 1190 g/mol. The minimum atomic E-state index is -1.14. The third-order valence-electron chi connectivity index (χ3n) is 20.2. The normalized spacial score (nSPS) is 13.1. The second kappa shape index (κ2) is 18.4. The van der Waals surface area contributed by atoms with Crippen LogP contribution in [0.4, 0.5) is 5.69 Å². The molecule has 1 aliphatic heterocycles. The van der Waals surface area contributed by atoms with E-state index in [-0.39, 0.29) is 0 Å². The Morgan fingerprint density at radius 1 is 0.290 bits per heavy atom. The van der Waals surface area contributed by atoms with E-state index in [4.69, 9.17) is 21.3 Å². The standard InChI is InChI=1S/C84H48N8O/c1-85-50-37-41-77-63(43-50)61-25-9-17-34-75(61)92(77)78-35-18-36-79-81(78)84(65-40-38-52(47-80(65)93-79)89-74-33-16-8-26-62(74)64-44-51(39-42-76(64)89)88-68-27-10-2-19-55(68)56-20-3-11-28-69(56)88)66-45-53(90-70-29-12-4-21-57(70)58-22-5-13-30-71(58)90)48-86-82(66)83-67(84)46-54(49-87-83)91-72-31-14-6-23-59(72)60-24-7-15-32-73(60)91/h2-49H. The fraction of sp³-hybridized carbons (Fsp3) is 0.0119. The summed E-state index contributed by atoms with van der Waals surface area (Å²) in [6.07, 6.45) is 4.08. The molecule has 0 N–H and O–H groups in total. The Bertz CT molecular complexity index is 6250. The summed E-state index contributed by atoms with van der Waals surface area (Å²) in [5.41, 5.74) is 20.7. The average Bonchev–Trinajstić information content (AvgIpc) is 1.36. The summed E-state index contributed by atoms with van der Waals surface area (Å²) >= 11 is 0. The maximum Gasteiger partial charge on any atom is 0.188 e. The van der Waals surface area contributed by atoms with Gasteiger partial charge in [0.15, 0.2) is 5.69 Å². The number of hydrogen-bond donors (Lipinski definition) is 0. The van der Waals surface area contributed by atoms with Crippen LogP contribution in [0.5, 0.6) is 11.5 Å². The molecule has 19 aromatic rings. The van der Waals surface area contributed by atoms with E-state index in [0.29, 0.717) is 11.4 Å². The Labute approximate surface area is 531 Å². The van der Waals surface area contributed by atoms with Gasteiger partial charge < -0.3 is 27.6 Å². The van der Waals surface area contributed by atoms with Gasteiger partial charge in [-0.2, -0.15) is 0 Å². The highest BCUT2D eigenvalue weighted by atomic mass is 16.5. The lowest BCUT2D eigenvalue weighted by atomic mass is 9.65. The zero-order chi connectivity index (χ0) is 60.8. The number of rotatable bonds is 5. The first-order valence-corrected chi connectivity index (χ1v) is 31.5. The fourth-order valence-corrected chi connectivity index (χ4v) is 16.5. The first kappa shape index (κ1) is 50.1. The molecule has 9 heteroatoms. The number of aromatic nitrogens is 7. The maximum atomic E-state index is 8.16. The first-order chi connectivity index (χ1) is 46.1. The zero-order valence-electron chi connectivity index (χ0n) is 49.7. The largest absolute Gasteiger partial charge is 0.457 e. The summed E-state index contributed by atoms with van der Waals surface area (Å²) in [6, 6.07) is 101. The molecule has 7 aromatic heterocycles. The minimum Gasteiger partial charge on any atom is -0.457 e. The number of fused-ring (bicyclic) bond motifs is 24. The van der Waals surface area contributed by atoms with Gasteiger partial charge in [-0.1, -0.05) is 164 Å². The molecular weight excluding hydrogens is 1140 g/mol. The molecule has 0 bridgehead atoms. The SMILES string of the molecule is [C-]#[N+]c1ccc2c(c1)c1ccccc1n2-c1cccc2c1C1(c3ccc(-n4c5ccccc5c5cc(-n6c7ccccc7c7ccccc76)ccc54)cc3O2)c2cc(-n3c4ccccc4c4ccccc43)cnc2-c2ncc(-n3c4ccccc4c4ccccc43)cc21. The molecular formula is C84H48N8O. The van der Waals surface area contributed by atoms with Crippen molar-refractivity contribution in [3.05, 3.63) is 325 Å². The lowest BCUT2D eigenvalue weighted by Crippen LogP contribution is -2.34. The van der Waals surface area contributed by atoms with Crippen molar-refractivity contribution in [3.63, 3.8) is 0 Å². The Morgan fingerprint density at radius 2 is 0.656 bits per heavy atom.